The number of likely N-dealkylation sites (tertiary alicyclic amines) is 2. The van der Waals surface area contributed by atoms with E-state index in [1.54, 1.807) is 25.7 Å². The number of carboxylic acid groups (broad SMARTS) is 1. The van der Waals surface area contributed by atoms with Gasteiger partial charge in [-0.2, -0.15) is 0 Å². The molecule has 2 aliphatic carbocycles. The lowest BCUT2D eigenvalue weighted by Gasteiger charge is -2.28. The summed E-state index contributed by atoms with van der Waals surface area (Å²) in [5.41, 5.74) is 10.1. The summed E-state index contributed by atoms with van der Waals surface area (Å²) < 4.78 is 12.8. The Morgan fingerprint density at radius 2 is 1.16 bits per heavy atom. The Balaban J connectivity index is 0.000000190. The van der Waals surface area contributed by atoms with Crippen molar-refractivity contribution in [2.75, 3.05) is 13.1 Å². The number of aliphatic carboxylic acids is 1. The number of rotatable bonds is 3. The molecule has 2 saturated heterocycles. The average molecular weight is 837 g/mol. The first-order valence-electron chi connectivity index (χ1n) is 17.6. The van der Waals surface area contributed by atoms with Gasteiger partial charge < -0.3 is 25.6 Å². The number of hydrogen-bond acceptors (Lipinski definition) is 7. The molecule has 4 atom stereocenters. The van der Waals surface area contributed by atoms with E-state index in [2.05, 4.69) is 67.5 Å². The predicted molar refractivity (Wildman–Crippen MR) is 203 cm³/mol. The van der Waals surface area contributed by atoms with Crippen molar-refractivity contribution in [2.45, 2.75) is 128 Å². The van der Waals surface area contributed by atoms with Gasteiger partial charge in [-0.15, -0.1) is 0 Å². The number of halogens is 2. The summed E-state index contributed by atoms with van der Waals surface area (Å²) in [5, 5.41) is 12.0. The van der Waals surface area contributed by atoms with E-state index in [-0.39, 0.29) is 11.9 Å². The number of nitrogens with zero attached hydrogens (tertiary/aromatic N) is 2. The van der Waals surface area contributed by atoms with E-state index in [1.165, 1.54) is 27.2 Å². The number of nitrogens with two attached hydrogens (primary N) is 1. The average Bonchev–Trinajstić information content (AvgIpc) is 3.81. The number of amides is 3. The summed E-state index contributed by atoms with van der Waals surface area (Å²) in [6.07, 6.45) is 5.57. The molecule has 3 amide bonds. The van der Waals surface area contributed by atoms with Crippen LogP contribution in [0.15, 0.2) is 45.3 Å². The summed E-state index contributed by atoms with van der Waals surface area (Å²) in [5.74, 6) is -1.03. The van der Waals surface area contributed by atoms with Crippen LogP contribution in [0, 0.1) is 0 Å². The molecule has 11 nitrogen and oxygen atoms in total. The second kappa shape index (κ2) is 17.1. The predicted octanol–water partition coefficient (Wildman–Crippen LogP) is 6.78. The van der Waals surface area contributed by atoms with Gasteiger partial charge in [0.1, 0.15) is 23.3 Å². The molecule has 0 spiro atoms. The highest BCUT2D eigenvalue weighted by atomic mass is 79.9. The number of benzene rings is 2. The van der Waals surface area contributed by atoms with Crippen LogP contribution in [0.3, 0.4) is 0 Å². The van der Waals surface area contributed by atoms with E-state index in [0.29, 0.717) is 32.0 Å². The third-order valence-electron chi connectivity index (χ3n) is 8.93. The number of ether oxygens (including phenoxy) is 2. The van der Waals surface area contributed by atoms with Gasteiger partial charge in [-0.1, -0.05) is 44.0 Å². The second-order valence-electron chi connectivity index (χ2n) is 15.6. The quantitative estimate of drug-likeness (QED) is 0.307. The van der Waals surface area contributed by atoms with Crippen LogP contribution < -0.4 is 11.1 Å². The Bertz CT molecular complexity index is 1590. The van der Waals surface area contributed by atoms with Gasteiger partial charge in [-0.05, 0) is 139 Å². The smallest absolute Gasteiger partial charge is 0.411 e. The fraction of sp³-hybridized carbons (Fsp3) is 0.579. The molecule has 2 aromatic carbocycles. The lowest BCUT2D eigenvalue weighted by atomic mass is 10.1. The fourth-order valence-corrected chi connectivity index (χ4v) is 7.56. The summed E-state index contributed by atoms with van der Waals surface area (Å²) >= 11 is 6.94. The first kappa shape index (κ1) is 40.6. The lowest BCUT2D eigenvalue weighted by molar-refractivity contribution is -0.142. The molecule has 4 aliphatic rings. The first-order valence-corrected chi connectivity index (χ1v) is 19.2. The summed E-state index contributed by atoms with van der Waals surface area (Å²) in [4.78, 5) is 50.4. The van der Waals surface area contributed by atoms with Gasteiger partial charge in [0.15, 0.2) is 0 Å². The zero-order chi connectivity index (χ0) is 37.7. The van der Waals surface area contributed by atoms with E-state index >= 15 is 0 Å². The molecule has 4 N–H and O–H groups in total. The third kappa shape index (κ3) is 11.9. The van der Waals surface area contributed by atoms with E-state index in [1.807, 2.05) is 26.8 Å². The molecule has 0 aromatic heterocycles. The highest BCUT2D eigenvalue weighted by molar-refractivity contribution is 9.10. The molecule has 2 aliphatic heterocycles. The fourth-order valence-electron chi connectivity index (χ4n) is 6.75. The van der Waals surface area contributed by atoms with Crippen molar-refractivity contribution in [1.29, 1.82) is 0 Å². The SMILES string of the molecule is CC(C)(C)OC(=O)N1CCCC1C(=O)NC1Cc2ccc(Br)cc2C1.CC(C)(C)OC(=O)N1CCCC1C(=O)O.NC1Cc2ccc(Br)cc2C1. The number of hydrogen-bond donors (Lipinski definition) is 3. The van der Waals surface area contributed by atoms with Gasteiger partial charge in [0.05, 0.1) is 0 Å². The van der Waals surface area contributed by atoms with Crippen molar-refractivity contribution in [1.82, 2.24) is 15.1 Å². The van der Waals surface area contributed by atoms with Crippen LogP contribution in [0.2, 0.25) is 0 Å². The van der Waals surface area contributed by atoms with Crippen molar-refractivity contribution >= 4 is 55.9 Å². The Morgan fingerprint density at radius 1 is 0.725 bits per heavy atom. The maximum Gasteiger partial charge on any atom is 0.411 e. The number of carbonyl (C=O) groups is 4. The van der Waals surface area contributed by atoms with E-state index in [0.717, 1.165) is 47.5 Å². The molecule has 2 heterocycles. The van der Waals surface area contributed by atoms with Crippen LogP contribution >= 0.6 is 31.9 Å². The molecule has 0 radical (unpaired) electrons. The van der Waals surface area contributed by atoms with Gasteiger partial charge in [0, 0.05) is 34.1 Å². The van der Waals surface area contributed by atoms with Gasteiger partial charge >= 0.3 is 18.2 Å². The minimum absolute atomic E-state index is 0.0692. The van der Waals surface area contributed by atoms with Crippen molar-refractivity contribution in [3.05, 3.63) is 67.6 Å². The maximum absolute atomic E-state index is 12.7. The van der Waals surface area contributed by atoms with E-state index < -0.39 is 41.4 Å². The molecular formula is C38H52Br2N4O7. The molecule has 51 heavy (non-hydrogen) atoms. The molecule has 280 valence electrons. The van der Waals surface area contributed by atoms with Crippen LogP contribution in [0.5, 0.6) is 0 Å². The van der Waals surface area contributed by atoms with Crippen LogP contribution in [0.4, 0.5) is 9.59 Å². The Hall–Kier alpha value is -3.16. The van der Waals surface area contributed by atoms with Crippen LogP contribution in [-0.2, 0) is 44.7 Å². The zero-order valence-corrected chi connectivity index (χ0v) is 33.6. The van der Waals surface area contributed by atoms with Crippen molar-refractivity contribution in [2.24, 2.45) is 5.73 Å². The second-order valence-corrected chi connectivity index (χ2v) is 17.4. The van der Waals surface area contributed by atoms with E-state index in [9.17, 15) is 19.2 Å². The monoisotopic (exact) mass is 834 g/mol. The third-order valence-corrected chi connectivity index (χ3v) is 9.92. The van der Waals surface area contributed by atoms with Gasteiger partial charge in [0.2, 0.25) is 5.91 Å². The largest absolute Gasteiger partial charge is 0.480 e. The molecule has 6 rings (SSSR count). The molecule has 2 fully saturated rings. The Kier molecular flexibility index (Phi) is 13.6. The topological polar surface area (TPSA) is 152 Å². The molecular weight excluding hydrogens is 784 g/mol. The van der Waals surface area contributed by atoms with Crippen LogP contribution in [-0.4, -0.2) is 87.4 Å². The number of carbonyl (C=O) groups excluding carboxylic acids is 3. The van der Waals surface area contributed by atoms with E-state index in [4.69, 9.17) is 20.3 Å². The molecule has 4 unspecified atom stereocenters. The first-order chi connectivity index (χ1) is 23.8. The van der Waals surface area contributed by atoms with Gasteiger partial charge in [-0.3, -0.25) is 14.6 Å². The van der Waals surface area contributed by atoms with Crippen molar-refractivity contribution in [3.8, 4) is 0 Å². The minimum Gasteiger partial charge on any atom is -0.480 e. The standard InChI is InChI=1S/C19H25BrN2O3.C10H17NO4.C9H10BrN/c1-19(2,3)25-18(24)22-8-4-5-16(22)17(23)21-15-10-12-6-7-14(20)9-13(12)11-15;1-10(2,3)15-9(14)11-6-4-5-7(11)8(12)13;10-8-2-1-6-4-9(11)5-7(6)3-8/h6-7,9,15-16H,4-5,8,10-11H2,1-3H3,(H,21,23);7H,4-6H2,1-3H3,(H,12,13);1-3,9H,4-5,11H2. The molecule has 13 heteroatoms. The maximum atomic E-state index is 12.7. The molecule has 2 aromatic rings. The summed E-state index contributed by atoms with van der Waals surface area (Å²) in [6.45, 7) is 11.8. The number of carboxylic acids is 1. The zero-order valence-electron chi connectivity index (χ0n) is 30.5. The highest BCUT2D eigenvalue weighted by Gasteiger charge is 2.38. The minimum atomic E-state index is -0.960. The number of fused-ring (bicyclic) bond motifs is 2. The van der Waals surface area contributed by atoms with Gasteiger partial charge in [0.25, 0.3) is 0 Å². The molecule has 0 bridgehead atoms. The Morgan fingerprint density at radius 3 is 1.67 bits per heavy atom. The highest BCUT2D eigenvalue weighted by Crippen LogP contribution is 2.28. The molecule has 0 saturated carbocycles. The normalized spacial score (nSPS) is 22.1. The lowest BCUT2D eigenvalue weighted by Crippen LogP contribution is -2.50. The van der Waals surface area contributed by atoms with Crippen molar-refractivity contribution < 1.29 is 33.8 Å². The van der Waals surface area contributed by atoms with Crippen LogP contribution in [0.1, 0.15) is 89.5 Å². The van der Waals surface area contributed by atoms with Crippen LogP contribution in [0.25, 0.3) is 0 Å². The van der Waals surface area contributed by atoms with Gasteiger partial charge in [-0.25, -0.2) is 14.4 Å². The Labute approximate surface area is 318 Å². The number of nitrogens with one attached hydrogen (secondary N) is 1. The summed E-state index contributed by atoms with van der Waals surface area (Å²) in [7, 11) is 0. The van der Waals surface area contributed by atoms with Crippen molar-refractivity contribution in [3.63, 3.8) is 0 Å². The summed E-state index contributed by atoms with van der Waals surface area (Å²) in [6, 6.07) is 12.0.